The van der Waals surface area contributed by atoms with Gasteiger partial charge in [0, 0.05) is 33.2 Å². The fraction of sp³-hybridized carbons (Fsp3) is 0.857. The molecular formula is C21H33N5O2. The number of aromatic nitrogens is 3. The minimum absolute atomic E-state index is 0.0598. The van der Waals surface area contributed by atoms with E-state index in [1.165, 1.54) is 43.3 Å². The molecule has 0 atom stereocenters. The summed E-state index contributed by atoms with van der Waals surface area (Å²) >= 11 is 0. The van der Waals surface area contributed by atoms with Gasteiger partial charge in [0.25, 0.3) is 0 Å². The Morgan fingerprint density at radius 3 is 2.29 bits per heavy atom. The summed E-state index contributed by atoms with van der Waals surface area (Å²) in [5.41, 5.74) is -0.883. The molecule has 1 aromatic rings. The number of fused-ring (bicyclic) bond motifs is 1. The highest BCUT2D eigenvalue weighted by Gasteiger charge is 2.46. The minimum atomic E-state index is -0.439. The highest BCUT2D eigenvalue weighted by molar-refractivity contribution is 5.39. The summed E-state index contributed by atoms with van der Waals surface area (Å²) in [5.74, 6) is 2.09. The number of rotatable bonds is 4. The summed E-state index contributed by atoms with van der Waals surface area (Å²) < 4.78 is 3.12. The van der Waals surface area contributed by atoms with Crippen molar-refractivity contribution in [3.8, 4) is 0 Å². The second-order valence-electron chi connectivity index (χ2n) is 9.71. The minimum Gasteiger partial charge on any atom is -0.336 e. The fourth-order valence-electron chi connectivity index (χ4n) is 5.58. The van der Waals surface area contributed by atoms with Gasteiger partial charge in [0.1, 0.15) is 0 Å². The van der Waals surface area contributed by atoms with E-state index in [0.717, 1.165) is 44.7 Å². The fourth-order valence-corrected chi connectivity index (χ4v) is 5.58. The van der Waals surface area contributed by atoms with Crippen molar-refractivity contribution in [2.45, 2.75) is 76.4 Å². The maximum absolute atomic E-state index is 12.9. The number of hydrogen-bond donors (Lipinski definition) is 0. The van der Waals surface area contributed by atoms with Gasteiger partial charge in [-0.3, -0.25) is 14.2 Å². The van der Waals surface area contributed by atoms with Crippen LogP contribution in [0.1, 0.15) is 57.8 Å². The lowest BCUT2D eigenvalue weighted by Crippen LogP contribution is -2.53. The van der Waals surface area contributed by atoms with Crippen LogP contribution in [0.5, 0.6) is 0 Å². The average Bonchev–Trinajstić information content (AvgIpc) is 3.49. The molecule has 0 N–H and O–H groups in total. The quantitative estimate of drug-likeness (QED) is 0.736. The maximum atomic E-state index is 12.9. The van der Waals surface area contributed by atoms with Crippen LogP contribution in [0, 0.1) is 11.8 Å². The first-order valence-corrected chi connectivity index (χ1v) is 11.2. The lowest BCUT2D eigenvalue weighted by atomic mass is 9.87. The van der Waals surface area contributed by atoms with Crippen molar-refractivity contribution < 1.29 is 0 Å². The highest BCUT2D eigenvalue weighted by atomic mass is 16.2. The van der Waals surface area contributed by atoms with Crippen molar-refractivity contribution in [2.24, 2.45) is 11.8 Å². The molecule has 2 aliphatic carbocycles. The van der Waals surface area contributed by atoms with Crippen LogP contribution in [0.25, 0.3) is 0 Å². The molecule has 4 aliphatic rings. The molecule has 1 spiro atoms. The van der Waals surface area contributed by atoms with Crippen molar-refractivity contribution in [1.29, 1.82) is 0 Å². The maximum Gasteiger partial charge on any atom is 0.332 e. The summed E-state index contributed by atoms with van der Waals surface area (Å²) in [4.78, 5) is 30.4. The van der Waals surface area contributed by atoms with Crippen LogP contribution in [0.3, 0.4) is 0 Å². The van der Waals surface area contributed by atoms with Gasteiger partial charge < -0.3 is 9.80 Å². The van der Waals surface area contributed by atoms with Gasteiger partial charge >= 0.3 is 11.1 Å². The Kier molecular flexibility index (Phi) is 4.61. The molecule has 154 valence electrons. The molecule has 3 fully saturated rings. The Morgan fingerprint density at radius 2 is 1.61 bits per heavy atom. The predicted octanol–water partition coefficient (Wildman–Crippen LogP) is 1.68. The third-order valence-electron chi connectivity index (χ3n) is 7.73. The average molecular weight is 388 g/mol. The van der Waals surface area contributed by atoms with E-state index in [1.807, 2.05) is 0 Å². The third kappa shape index (κ3) is 3.21. The zero-order valence-electron chi connectivity index (χ0n) is 17.1. The van der Waals surface area contributed by atoms with Crippen LogP contribution in [-0.2, 0) is 13.1 Å². The first kappa shape index (κ1) is 18.4. The number of piperidine rings is 1. The lowest BCUT2D eigenvalue weighted by Gasteiger charge is -2.43. The van der Waals surface area contributed by atoms with E-state index in [-0.39, 0.29) is 11.1 Å². The van der Waals surface area contributed by atoms with Crippen LogP contribution in [0.2, 0.25) is 0 Å². The van der Waals surface area contributed by atoms with Gasteiger partial charge in [-0.15, -0.1) is 5.10 Å². The standard InChI is InChI=1S/C21H33N5O2/c1-23-20-22-26(14-16-5-3-2-4-6-16)19(28)18(27)25(20)15-21(23)9-11-24(12-10-21)13-17-7-8-17/h16-17H,2-15H2,1H3. The molecule has 0 amide bonds. The van der Waals surface area contributed by atoms with E-state index >= 15 is 0 Å². The molecule has 3 heterocycles. The number of likely N-dealkylation sites (N-methyl/N-ethyl adjacent to an activating group) is 1. The number of likely N-dealkylation sites (tertiary alicyclic amines) is 1. The van der Waals surface area contributed by atoms with E-state index in [4.69, 9.17) is 5.10 Å². The van der Waals surface area contributed by atoms with E-state index in [9.17, 15) is 9.59 Å². The van der Waals surface area contributed by atoms with E-state index in [0.29, 0.717) is 25.0 Å². The first-order chi connectivity index (χ1) is 13.6. The van der Waals surface area contributed by atoms with E-state index in [2.05, 4.69) is 16.8 Å². The molecular weight excluding hydrogens is 354 g/mol. The van der Waals surface area contributed by atoms with Gasteiger partial charge in [0.05, 0.1) is 12.1 Å². The molecule has 2 aliphatic heterocycles. The Labute approximate surface area is 166 Å². The molecule has 28 heavy (non-hydrogen) atoms. The van der Waals surface area contributed by atoms with Crippen molar-refractivity contribution in [3.63, 3.8) is 0 Å². The van der Waals surface area contributed by atoms with Crippen LogP contribution in [0.4, 0.5) is 5.95 Å². The van der Waals surface area contributed by atoms with Gasteiger partial charge in [0.15, 0.2) is 0 Å². The summed E-state index contributed by atoms with van der Waals surface area (Å²) in [6.07, 6.45) is 10.9. The molecule has 0 unspecified atom stereocenters. The zero-order chi connectivity index (χ0) is 19.3. The Hall–Kier alpha value is -1.63. The van der Waals surface area contributed by atoms with Gasteiger partial charge in [-0.1, -0.05) is 19.3 Å². The Morgan fingerprint density at radius 1 is 0.929 bits per heavy atom. The molecule has 1 aromatic heterocycles. The SMILES string of the molecule is CN1c2nn(CC3CCCCC3)c(=O)c(=O)n2CC12CCN(CC1CC1)CC2. The van der Waals surface area contributed by atoms with Crippen molar-refractivity contribution >= 4 is 5.95 Å². The Balaban J connectivity index is 1.36. The second kappa shape index (κ2) is 7.01. The van der Waals surface area contributed by atoms with Gasteiger partial charge in [-0.25, -0.2) is 4.68 Å². The van der Waals surface area contributed by atoms with Crippen LogP contribution >= 0.6 is 0 Å². The molecule has 1 saturated heterocycles. The van der Waals surface area contributed by atoms with Crippen LogP contribution in [-0.4, -0.2) is 51.5 Å². The molecule has 7 heteroatoms. The zero-order valence-corrected chi connectivity index (χ0v) is 17.1. The van der Waals surface area contributed by atoms with Gasteiger partial charge in [-0.05, 0) is 50.4 Å². The second-order valence-corrected chi connectivity index (χ2v) is 9.71. The molecule has 0 bridgehead atoms. The highest BCUT2D eigenvalue weighted by Crippen LogP contribution is 2.38. The van der Waals surface area contributed by atoms with Crippen LogP contribution in [0.15, 0.2) is 9.59 Å². The summed E-state index contributed by atoms with van der Waals surface area (Å²) in [7, 11) is 2.07. The number of nitrogens with zero attached hydrogens (tertiary/aromatic N) is 5. The number of hydrogen-bond acceptors (Lipinski definition) is 5. The van der Waals surface area contributed by atoms with E-state index < -0.39 is 5.56 Å². The number of anilines is 1. The molecule has 0 radical (unpaired) electrons. The molecule has 0 aromatic carbocycles. The smallest absolute Gasteiger partial charge is 0.332 e. The van der Waals surface area contributed by atoms with Gasteiger partial charge in [-0.2, -0.15) is 0 Å². The largest absolute Gasteiger partial charge is 0.336 e. The summed E-state index contributed by atoms with van der Waals surface area (Å²) in [6.45, 7) is 4.60. The molecule has 5 rings (SSSR count). The normalized spacial score (nSPS) is 25.4. The van der Waals surface area contributed by atoms with Gasteiger partial charge in [0.2, 0.25) is 5.95 Å². The summed E-state index contributed by atoms with van der Waals surface area (Å²) in [5, 5.41) is 4.70. The molecule has 7 nitrogen and oxygen atoms in total. The lowest BCUT2D eigenvalue weighted by molar-refractivity contribution is 0.151. The predicted molar refractivity (Wildman–Crippen MR) is 109 cm³/mol. The Bertz CT molecular complexity index is 841. The van der Waals surface area contributed by atoms with Crippen LogP contribution < -0.4 is 16.0 Å². The summed E-state index contributed by atoms with van der Waals surface area (Å²) in [6, 6.07) is 0. The van der Waals surface area contributed by atoms with Crippen molar-refractivity contribution in [3.05, 3.63) is 20.7 Å². The topological polar surface area (TPSA) is 63.4 Å². The van der Waals surface area contributed by atoms with Crippen molar-refractivity contribution in [2.75, 3.05) is 31.6 Å². The first-order valence-electron chi connectivity index (χ1n) is 11.2. The third-order valence-corrected chi connectivity index (χ3v) is 7.73. The van der Waals surface area contributed by atoms with Crippen molar-refractivity contribution in [1.82, 2.24) is 19.2 Å². The monoisotopic (exact) mass is 387 g/mol. The van der Waals surface area contributed by atoms with E-state index in [1.54, 1.807) is 4.57 Å². The molecule has 2 saturated carbocycles.